The molecule has 0 aromatic heterocycles. The first-order chi connectivity index (χ1) is 10.7. The molecule has 1 aromatic rings. The van der Waals surface area contributed by atoms with E-state index in [1.165, 1.54) is 6.92 Å². The Bertz CT molecular complexity index is 567. The van der Waals surface area contributed by atoms with Gasteiger partial charge in [-0.1, -0.05) is 12.1 Å². The van der Waals surface area contributed by atoms with E-state index in [4.69, 9.17) is 5.11 Å². The highest BCUT2D eigenvalue weighted by Crippen LogP contribution is 2.13. The summed E-state index contributed by atoms with van der Waals surface area (Å²) in [5.41, 5.74) is 0.921. The SMILES string of the molecule is CC(=O)NCc1ccc(NC(=O)NC(C)(C)CCC(=O)O)cc1. The fourth-order valence-corrected chi connectivity index (χ4v) is 1.88. The molecule has 4 N–H and O–H groups in total. The molecule has 0 heterocycles. The molecule has 0 aliphatic heterocycles. The summed E-state index contributed by atoms with van der Waals surface area (Å²) in [6.45, 7) is 5.43. The van der Waals surface area contributed by atoms with Crippen LogP contribution in [0.5, 0.6) is 0 Å². The minimum absolute atomic E-state index is 0.00880. The molecule has 0 fully saturated rings. The van der Waals surface area contributed by atoms with Gasteiger partial charge in [0.05, 0.1) is 0 Å². The van der Waals surface area contributed by atoms with Crippen molar-refractivity contribution in [2.45, 2.75) is 45.7 Å². The summed E-state index contributed by atoms with van der Waals surface area (Å²) in [6.07, 6.45) is 0.330. The number of aliphatic carboxylic acids is 1. The molecular formula is C16H23N3O4. The number of rotatable bonds is 7. The summed E-state index contributed by atoms with van der Waals surface area (Å²) in [6, 6.07) is 6.69. The molecule has 7 nitrogen and oxygen atoms in total. The number of hydrogen-bond acceptors (Lipinski definition) is 3. The second kappa shape index (κ2) is 8.17. The zero-order valence-corrected chi connectivity index (χ0v) is 13.6. The Morgan fingerprint density at radius 1 is 1.13 bits per heavy atom. The van der Waals surface area contributed by atoms with Crippen LogP contribution in [0.3, 0.4) is 0 Å². The summed E-state index contributed by atoms with van der Waals surface area (Å²) in [5.74, 6) is -0.995. The number of amides is 3. The van der Waals surface area contributed by atoms with E-state index in [1.54, 1.807) is 38.1 Å². The van der Waals surface area contributed by atoms with E-state index in [-0.39, 0.29) is 12.3 Å². The third-order valence-electron chi connectivity index (χ3n) is 3.17. The molecule has 3 amide bonds. The number of benzene rings is 1. The minimum Gasteiger partial charge on any atom is -0.481 e. The molecule has 0 aliphatic carbocycles. The fraction of sp³-hybridized carbons (Fsp3) is 0.438. The van der Waals surface area contributed by atoms with E-state index < -0.39 is 17.5 Å². The van der Waals surface area contributed by atoms with E-state index in [2.05, 4.69) is 16.0 Å². The molecule has 0 atom stereocenters. The summed E-state index contributed by atoms with van der Waals surface area (Å²) in [5, 5.41) is 16.8. The van der Waals surface area contributed by atoms with Gasteiger partial charge in [-0.15, -0.1) is 0 Å². The van der Waals surface area contributed by atoms with Crippen molar-refractivity contribution in [3.05, 3.63) is 29.8 Å². The molecule has 0 saturated heterocycles. The Balaban J connectivity index is 2.50. The normalized spacial score (nSPS) is 10.7. The summed E-state index contributed by atoms with van der Waals surface area (Å²) >= 11 is 0. The molecular weight excluding hydrogens is 298 g/mol. The number of hydrogen-bond donors (Lipinski definition) is 4. The van der Waals surface area contributed by atoms with Gasteiger partial charge in [-0.05, 0) is 38.0 Å². The number of carboxylic acid groups (broad SMARTS) is 1. The third-order valence-corrected chi connectivity index (χ3v) is 3.17. The first-order valence-electron chi connectivity index (χ1n) is 7.32. The second-order valence-corrected chi connectivity index (χ2v) is 5.96. The predicted octanol–water partition coefficient (Wildman–Crippen LogP) is 2.09. The van der Waals surface area contributed by atoms with Gasteiger partial charge in [0, 0.05) is 31.1 Å². The lowest BCUT2D eigenvalue weighted by atomic mass is 9.99. The summed E-state index contributed by atoms with van der Waals surface area (Å²) < 4.78 is 0. The van der Waals surface area contributed by atoms with Crippen molar-refractivity contribution in [3.63, 3.8) is 0 Å². The molecule has 0 unspecified atom stereocenters. The lowest BCUT2D eigenvalue weighted by molar-refractivity contribution is -0.137. The van der Waals surface area contributed by atoms with Crippen LogP contribution in [0.25, 0.3) is 0 Å². The average Bonchev–Trinajstić information content (AvgIpc) is 2.44. The van der Waals surface area contributed by atoms with Gasteiger partial charge in [-0.2, -0.15) is 0 Å². The molecule has 7 heteroatoms. The topological polar surface area (TPSA) is 108 Å². The maximum absolute atomic E-state index is 11.9. The van der Waals surface area contributed by atoms with Crippen molar-refractivity contribution in [1.82, 2.24) is 10.6 Å². The zero-order chi connectivity index (χ0) is 17.5. The Morgan fingerprint density at radius 3 is 2.26 bits per heavy atom. The average molecular weight is 321 g/mol. The van der Waals surface area contributed by atoms with Crippen LogP contribution in [-0.4, -0.2) is 28.6 Å². The van der Waals surface area contributed by atoms with Crippen LogP contribution in [0, 0.1) is 0 Å². The Hall–Kier alpha value is -2.57. The van der Waals surface area contributed by atoms with Gasteiger partial charge in [0.25, 0.3) is 0 Å². The van der Waals surface area contributed by atoms with Crippen LogP contribution in [0.4, 0.5) is 10.5 Å². The molecule has 0 spiro atoms. The lowest BCUT2D eigenvalue weighted by Crippen LogP contribution is -2.45. The lowest BCUT2D eigenvalue weighted by Gasteiger charge is -2.25. The zero-order valence-electron chi connectivity index (χ0n) is 13.6. The molecule has 0 bridgehead atoms. The quantitative estimate of drug-likeness (QED) is 0.616. The summed E-state index contributed by atoms with van der Waals surface area (Å²) in [4.78, 5) is 33.4. The van der Waals surface area contributed by atoms with Gasteiger partial charge in [0.15, 0.2) is 0 Å². The standard InChI is InChI=1S/C16H23N3O4/c1-11(20)17-10-12-4-6-13(7-5-12)18-15(23)19-16(2,3)9-8-14(21)22/h4-7H,8-10H2,1-3H3,(H,17,20)(H,21,22)(H2,18,19,23). The van der Waals surface area contributed by atoms with Crippen molar-refractivity contribution < 1.29 is 19.5 Å². The van der Waals surface area contributed by atoms with Crippen LogP contribution < -0.4 is 16.0 Å². The van der Waals surface area contributed by atoms with Gasteiger partial charge in [0.1, 0.15) is 0 Å². The Morgan fingerprint density at radius 2 is 1.74 bits per heavy atom. The number of urea groups is 1. The van der Waals surface area contributed by atoms with E-state index in [0.717, 1.165) is 5.56 Å². The molecule has 0 aliphatic rings. The maximum atomic E-state index is 11.9. The van der Waals surface area contributed by atoms with E-state index in [9.17, 15) is 14.4 Å². The van der Waals surface area contributed by atoms with Crippen LogP contribution in [0.2, 0.25) is 0 Å². The van der Waals surface area contributed by atoms with Crippen molar-refractivity contribution >= 4 is 23.6 Å². The van der Waals surface area contributed by atoms with E-state index in [0.29, 0.717) is 18.7 Å². The van der Waals surface area contributed by atoms with Gasteiger partial charge in [0.2, 0.25) is 5.91 Å². The Labute approximate surface area is 135 Å². The number of nitrogens with one attached hydrogen (secondary N) is 3. The highest BCUT2D eigenvalue weighted by molar-refractivity contribution is 5.89. The smallest absolute Gasteiger partial charge is 0.319 e. The first-order valence-corrected chi connectivity index (χ1v) is 7.32. The van der Waals surface area contributed by atoms with E-state index in [1.807, 2.05) is 0 Å². The molecule has 0 radical (unpaired) electrons. The van der Waals surface area contributed by atoms with Crippen LogP contribution in [-0.2, 0) is 16.1 Å². The fourth-order valence-electron chi connectivity index (χ4n) is 1.88. The molecule has 1 rings (SSSR count). The second-order valence-electron chi connectivity index (χ2n) is 5.96. The van der Waals surface area contributed by atoms with Crippen molar-refractivity contribution in [2.75, 3.05) is 5.32 Å². The predicted molar refractivity (Wildman–Crippen MR) is 87.1 cm³/mol. The molecule has 1 aromatic carbocycles. The largest absolute Gasteiger partial charge is 0.481 e. The monoisotopic (exact) mass is 321 g/mol. The highest BCUT2D eigenvalue weighted by Gasteiger charge is 2.21. The third kappa shape index (κ3) is 7.85. The maximum Gasteiger partial charge on any atom is 0.319 e. The minimum atomic E-state index is -0.893. The van der Waals surface area contributed by atoms with Gasteiger partial charge in [-0.3, -0.25) is 9.59 Å². The number of carbonyl (C=O) groups excluding carboxylic acids is 2. The highest BCUT2D eigenvalue weighted by atomic mass is 16.4. The number of anilines is 1. The van der Waals surface area contributed by atoms with Gasteiger partial charge >= 0.3 is 12.0 Å². The molecule has 0 saturated carbocycles. The van der Waals surface area contributed by atoms with Crippen LogP contribution in [0.15, 0.2) is 24.3 Å². The van der Waals surface area contributed by atoms with Crippen molar-refractivity contribution in [3.8, 4) is 0 Å². The molecule has 126 valence electrons. The summed E-state index contributed by atoms with van der Waals surface area (Å²) in [7, 11) is 0. The Kier molecular flexibility index (Phi) is 6.56. The van der Waals surface area contributed by atoms with Crippen LogP contribution in [0.1, 0.15) is 39.2 Å². The van der Waals surface area contributed by atoms with Gasteiger partial charge in [-0.25, -0.2) is 4.79 Å². The van der Waals surface area contributed by atoms with E-state index >= 15 is 0 Å². The first kappa shape index (κ1) is 18.5. The molecule has 23 heavy (non-hydrogen) atoms. The number of carboxylic acids is 1. The number of carbonyl (C=O) groups is 3. The van der Waals surface area contributed by atoms with Crippen molar-refractivity contribution in [2.24, 2.45) is 0 Å². The van der Waals surface area contributed by atoms with Gasteiger partial charge < -0.3 is 21.1 Å². The van der Waals surface area contributed by atoms with Crippen molar-refractivity contribution in [1.29, 1.82) is 0 Å². The van der Waals surface area contributed by atoms with Crippen LogP contribution >= 0.6 is 0 Å².